The molecule has 2 aliphatic carbocycles. The third-order valence-corrected chi connectivity index (χ3v) is 6.85. The normalized spacial score (nSPS) is 28.3. The highest BCUT2D eigenvalue weighted by Crippen LogP contribution is 2.51. The Kier molecular flexibility index (Phi) is 6.86. The van der Waals surface area contributed by atoms with Crippen LogP contribution in [0.15, 0.2) is 0 Å². The number of hydrogen-bond acceptors (Lipinski definition) is 4. The van der Waals surface area contributed by atoms with Crippen LogP contribution in [0.2, 0.25) is 0 Å². The fourth-order valence-corrected chi connectivity index (χ4v) is 5.30. The Morgan fingerprint density at radius 3 is 2.11 bits per heavy atom. The van der Waals surface area contributed by atoms with Crippen molar-refractivity contribution in [3.8, 4) is 0 Å². The summed E-state index contributed by atoms with van der Waals surface area (Å²) in [5.74, 6) is 0. The van der Waals surface area contributed by atoms with Gasteiger partial charge in [0, 0.05) is 31.8 Å². The molecule has 0 bridgehead atoms. The Labute approximate surface area is 174 Å². The standard InChI is InChI=1S/C24H46N2O2/c1-22(2,3)27-12-10-8-9-11-26-17-24(18-26)15-20(16-24)25(7)19-13-21(14-19)28-23(4,5)6/h19-21H,8-18H2,1-7H3. The summed E-state index contributed by atoms with van der Waals surface area (Å²) in [6, 6.07) is 1.57. The second-order valence-electron chi connectivity index (χ2n) is 11.9. The van der Waals surface area contributed by atoms with E-state index in [4.69, 9.17) is 9.47 Å². The molecule has 1 aliphatic heterocycles. The van der Waals surface area contributed by atoms with Crippen molar-refractivity contribution in [1.29, 1.82) is 0 Å². The lowest BCUT2D eigenvalue weighted by molar-refractivity contribution is -0.150. The average molecular weight is 395 g/mol. The van der Waals surface area contributed by atoms with Gasteiger partial charge in [-0.05, 0) is 105 Å². The van der Waals surface area contributed by atoms with Crippen LogP contribution >= 0.6 is 0 Å². The smallest absolute Gasteiger partial charge is 0.0612 e. The van der Waals surface area contributed by atoms with Crippen LogP contribution in [0.5, 0.6) is 0 Å². The van der Waals surface area contributed by atoms with E-state index in [-0.39, 0.29) is 11.2 Å². The molecule has 0 atom stereocenters. The molecule has 1 spiro atoms. The van der Waals surface area contributed by atoms with Gasteiger partial charge in [-0.25, -0.2) is 0 Å². The lowest BCUT2D eigenvalue weighted by atomic mass is 9.59. The number of hydrogen-bond donors (Lipinski definition) is 0. The maximum Gasteiger partial charge on any atom is 0.0612 e. The van der Waals surface area contributed by atoms with Crippen LogP contribution in [-0.2, 0) is 9.47 Å². The highest BCUT2D eigenvalue weighted by Gasteiger charge is 2.54. The van der Waals surface area contributed by atoms with E-state index in [0.29, 0.717) is 11.5 Å². The molecule has 0 aromatic carbocycles. The van der Waals surface area contributed by atoms with Gasteiger partial charge < -0.3 is 19.3 Å². The average Bonchev–Trinajstić information content (AvgIpc) is 2.43. The maximum atomic E-state index is 6.11. The van der Waals surface area contributed by atoms with Gasteiger partial charge in [-0.3, -0.25) is 0 Å². The molecule has 0 amide bonds. The van der Waals surface area contributed by atoms with E-state index in [1.165, 1.54) is 64.6 Å². The van der Waals surface area contributed by atoms with E-state index in [9.17, 15) is 0 Å². The van der Waals surface area contributed by atoms with Gasteiger partial charge in [-0.1, -0.05) is 0 Å². The van der Waals surface area contributed by atoms with Crippen molar-refractivity contribution >= 4 is 0 Å². The molecule has 0 N–H and O–H groups in total. The number of likely N-dealkylation sites (tertiary alicyclic amines) is 1. The van der Waals surface area contributed by atoms with Gasteiger partial charge in [-0.15, -0.1) is 0 Å². The molecule has 28 heavy (non-hydrogen) atoms. The number of unbranched alkanes of at least 4 members (excludes halogenated alkanes) is 2. The van der Waals surface area contributed by atoms with E-state index in [1.807, 2.05) is 0 Å². The summed E-state index contributed by atoms with van der Waals surface area (Å²) in [6.45, 7) is 17.8. The molecular weight excluding hydrogens is 348 g/mol. The quantitative estimate of drug-likeness (QED) is 0.529. The SMILES string of the molecule is CN(C1CC(OC(C)(C)C)C1)C1CC2(C1)CN(CCCCCOC(C)(C)C)C2. The van der Waals surface area contributed by atoms with Crippen LogP contribution in [0, 0.1) is 5.41 Å². The van der Waals surface area contributed by atoms with Gasteiger partial charge in [0.25, 0.3) is 0 Å². The fraction of sp³-hybridized carbons (Fsp3) is 1.00. The van der Waals surface area contributed by atoms with E-state index >= 15 is 0 Å². The summed E-state index contributed by atoms with van der Waals surface area (Å²) >= 11 is 0. The topological polar surface area (TPSA) is 24.9 Å². The first-order valence-corrected chi connectivity index (χ1v) is 11.7. The molecular formula is C24H46N2O2. The number of ether oxygens (including phenoxy) is 2. The van der Waals surface area contributed by atoms with Crippen molar-refractivity contribution in [3.05, 3.63) is 0 Å². The van der Waals surface area contributed by atoms with Gasteiger partial charge in [0.1, 0.15) is 0 Å². The number of nitrogens with zero attached hydrogens (tertiary/aromatic N) is 2. The van der Waals surface area contributed by atoms with Crippen molar-refractivity contribution in [2.75, 3.05) is 33.3 Å². The third kappa shape index (κ3) is 6.17. The Morgan fingerprint density at radius 1 is 0.893 bits per heavy atom. The van der Waals surface area contributed by atoms with Crippen molar-refractivity contribution in [1.82, 2.24) is 9.80 Å². The summed E-state index contributed by atoms with van der Waals surface area (Å²) < 4.78 is 11.9. The second-order valence-corrected chi connectivity index (χ2v) is 11.9. The predicted molar refractivity (Wildman–Crippen MR) is 117 cm³/mol. The van der Waals surface area contributed by atoms with Crippen LogP contribution in [-0.4, -0.2) is 72.5 Å². The zero-order valence-electron chi connectivity index (χ0n) is 19.7. The Bertz CT molecular complexity index is 488. The second kappa shape index (κ2) is 8.53. The molecule has 0 aromatic heterocycles. The zero-order valence-corrected chi connectivity index (χ0v) is 19.7. The van der Waals surface area contributed by atoms with Gasteiger partial charge in [0.2, 0.25) is 0 Å². The van der Waals surface area contributed by atoms with Crippen LogP contribution in [0.25, 0.3) is 0 Å². The molecule has 164 valence electrons. The van der Waals surface area contributed by atoms with Crippen molar-refractivity contribution in [3.63, 3.8) is 0 Å². The summed E-state index contributed by atoms with van der Waals surface area (Å²) in [6.07, 6.45) is 9.58. The zero-order chi connectivity index (χ0) is 20.6. The number of rotatable bonds is 9. The summed E-state index contributed by atoms with van der Waals surface area (Å²) in [4.78, 5) is 5.35. The first-order valence-electron chi connectivity index (χ1n) is 11.7. The lowest BCUT2D eigenvalue weighted by Gasteiger charge is -2.62. The minimum absolute atomic E-state index is 0.00371. The molecule has 3 rings (SSSR count). The van der Waals surface area contributed by atoms with Gasteiger partial charge in [-0.2, -0.15) is 0 Å². The molecule has 4 heteroatoms. The summed E-state index contributed by atoms with van der Waals surface area (Å²) in [5.41, 5.74) is 0.681. The van der Waals surface area contributed by atoms with E-state index < -0.39 is 0 Å². The summed E-state index contributed by atoms with van der Waals surface area (Å²) in [7, 11) is 2.35. The first-order chi connectivity index (χ1) is 12.9. The van der Waals surface area contributed by atoms with E-state index in [1.54, 1.807) is 0 Å². The predicted octanol–water partition coefficient (Wildman–Crippen LogP) is 4.71. The maximum absolute atomic E-state index is 6.11. The Balaban J connectivity index is 1.21. The van der Waals surface area contributed by atoms with Gasteiger partial charge in [0.05, 0.1) is 17.3 Å². The first kappa shape index (κ1) is 22.5. The minimum atomic E-state index is 0.00371. The largest absolute Gasteiger partial charge is 0.376 e. The van der Waals surface area contributed by atoms with Crippen LogP contribution in [0.1, 0.15) is 86.5 Å². The molecule has 3 aliphatic rings. The highest BCUT2D eigenvalue weighted by atomic mass is 16.5. The molecule has 4 nitrogen and oxygen atoms in total. The van der Waals surface area contributed by atoms with Gasteiger partial charge in [0.15, 0.2) is 0 Å². The van der Waals surface area contributed by atoms with Crippen molar-refractivity contribution < 1.29 is 9.47 Å². The summed E-state index contributed by atoms with van der Waals surface area (Å²) in [5, 5.41) is 0. The molecule has 2 saturated carbocycles. The van der Waals surface area contributed by atoms with Crippen molar-refractivity contribution in [2.24, 2.45) is 5.41 Å². The molecule has 1 saturated heterocycles. The molecule has 1 heterocycles. The van der Waals surface area contributed by atoms with E-state index in [2.05, 4.69) is 58.4 Å². The van der Waals surface area contributed by atoms with Crippen LogP contribution < -0.4 is 0 Å². The van der Waals surface area contributed by atoms with Crippen molar-refractivity contribution in [2.45, 2.75) is 116 Å². The molecule has 0 unspecified atom stereocenters. The molecule has 0 aromatic rings. The van der Waals surface area contributed by atoms with Gasteiger partial charge >= 0.3 is 0 Å². The monoisotopic (exact) mass is 394 g/mol. The van der Waals surface area contributed by atoms with Crippen LogP contribution in [0.4, 0.5) is 0 Å². The Morgan fingerprint density at radius 2 is 1.54 bits per heavy atom. The van der Waals surface area contributed by atoms with E-state index in [0.717, 1.165) is 18.7 Å². The fourth-order valence-electron chi connectivity index (χ4n) is 5.30. The third-order valence-electron chi connectivity index (χ3n) is 6.85. The Hall–Kier alpha value is -0.160. The van der Waals surface area contributed by atoms with Crippen LogP contribution in [0.3, 0.4) is 0 Å². The molecule has 0 radical (unpaired) electrons. The minimum Gasteiger partial charge on any atom is -0.376 e. The lowest BCUT2D eigenvalue weighted by Crippen LogP contribution is -2.67. The molecule has 3 fully saturated rings. The highest BCUT2D eigenvalue weighted by molar-refractivity contribution is 5.08.